The first kappa shape index (κ1) is 16.9. The van der Waals surface area contributed by atoms with Crippen LogP contribution in [-0.4, -0.2) is 29.7 Å². The molecule has 130 valence electrons. The van der Waals surface area contributed by atoms with Crippen LogP contribution in [0, 0.1) is 25.2 Å². The zero-order valence-corrected chi connectivity index (χ0v) is 14.6. The summed E-state index contributed by atoms with van der Waals surface area (Å²) in [5, 5.41) is 11.8. The molecule has 0 fully saturated rings. The molecule has 1 aliphatic heterocycles. The van der Waals surface area contributed by atoms with Crippen LogP contribution in [0.3, 0.4) is 0 Å². The van der Waals surface area contributed by atoms with Crippen LogP contribution in [0.1, 0.15) is 35.1 Å². The SMILES string of the molecule is CCC(C#N)NC(=O)c1cc(C)n(-c2ccc3c(c2)OCCO3)c1C. The molecule has 1 N–H and O–H groups in total. The van der Waals surface area contributed by atoms with Gasteiger partial charge in [0.1, 0.15) is 19.3 Å². The smallest absolute Gasteiger partial charge is 0.254 e. The lowest BCUT2D eigenvalue weighted by molar-refractivity contribution is 0.0944. The molecule has 1 atom stereocenters. The molecular weight excluding hydrogens is 318 g/mol. The van der Waals surface area contributed by atoms with Crippen LogP contribution in [-0.2, 0) is 0 Å². The minimum absolute atomic E-state index is 0.231. The minimum Gasteiger partial charge on any atom is -0.486 e. The lowest BCUT2D eigenvalue weighted by Gasteiger charge is -2.20. The number of fused-ring (bicyclic) bond motifs is 1. The molecule has 2 aromatic rings. The number of carbonyl (C=O) groups excluding carboxylic acids is 1. The molecule has 1 aliphatic rings. The third-order valence-corrected chi connectivity index (χ3v) is 4.33. The van der Waals surface area contributed by atoms with Crippen molar-refractivity contribution >= 4 is 5.91 Å². The molecule has 0 radical (unpaired) electrons. The summed E-state index contributed by atoms with van der Waals surface area (Å²) in [7, 11) is 0. The first-order chi connectivity index (χ1) is 12.0. The largest absolute Gasteiger partial charge is 0.486 e. The predicted molar refractivity (Wildman–Crippen MR) is 93.4 cm³/mol. The third-order valence-electron chi connectivity index (χ3n) is 4.33. The lowest BCUT2D eigenvalue weighted by atomic mass is 10.2. The number of aromatic nitrogens is 1. The molecule has 25 heavy (non-hydrogen) atoms. The van der Waals surface area contributed by atoms with Crippen LogP contribution < -0.4 is 14.8 Å². The van der Waals surface area contributed by atoms with E-state index in [9.17, 15) is 4.79 Å². The zero-order chi connectivity index (χ0) is 18.0. The molecule has 0 saturated carbocycles. The number of hydrogen-bond donors (Lipinski definition) is 1. The fourth-order valence-electron chi connectivity index (χ4n) is 3.02. The Morgan fingerprint density at radius 3 is 2.68 bits per heavy atom. The molecule has 0 aliphatic carbocycles. The first-order valence-electron chi connectivity index (χ1n) is 8.34. The number of ether oxygens (including phenoxy) is 2. The van der Waals surface area contributed by atoms with E-state index in [-0.39, 0.29) is 5.91 Å². The summed E-state index contributed by atoms with van der Waals surface area (Å²) in [5.74, 6) is 1.21. The van der Waals surface area contributed by atoms with Crippen molar-refractivity contribution in [1.29, 1.82) is 5.26 Å². The topological polar surface area (TPSA) is 76.3 Å². The fourth-order valence-corrected chi connectivity index (χ4v) is 3.02. The predicted octanol–water partition coefficient (Wildman–Crippen LogP) is 2.90. The summed E-state index contributed by atoms with van der Waals surface area (Å²) in [4.78, 5) is 12.5. The van der Waals surface area contributed by atoms with Crippen molar-refractivity contribution in [2.45, 2.75) is 33.2 Å². The van der Waals surface area contributed by atoms with Crippen molar-refractivity contribution in [3.05, 3.63) is 41.2 Å². The zero-order valence-electron chi connectivity index (χ0n) is 14.6. The maximum atomic E-state index is 12.5. The average Bonchev–Trinajstić information content (AvgIpc) is 2.93. The molecule has 2 heterocycles. The van der Waals surface area contributed by atoms with E-state index in [1.54, 1.807) is 0 Å². The van der Waals surface area contributed by atoms with E-state index in [1.807, 2.05) is 49.6 Å². The summed E-state index contributed by atoms with van der Waals surface area (Å²) in [6.45, 7) is 6.79. The standard InChI is InChI=1S/C19H21N3O3/c1-4-14(11-20)21-19(23)16-9-12(2)22(13(16)3)15-5-6-17-18(10-15)25-8-7-24-17/h5-6,9-10,14H,4,7-8H2,1-3H3,(H,21,23). The van der Waals surface area contributed by atoms with Crippen LogP contribution in [0.4, 0.5) is 0 Å². The number of hydrogen-bond acceptors (Lipinski definition) is 4. The summed E-state index contributed by atoms with van der Waals surface area (Å²) in [5.41, 5.74) is 3.23. The number of nitrogens with one attached hydrogen (secondary N) is 1. The lowest BCUT2D eigenvalue weighted by Crippen LogP contribution is -2.33. The van der Waals surface area contributed by atoms with E-state index < -0.39 is 6.04 Å². The highest BCUT2D eigenvalue weighted by Crippen LogP contribution is 2.33. The number of benzene rings is 1. The highest BCUT2D eigenvalue weighted by molar-refractivity contribution is 5.96. The van der Waals surface area contributed by atoms with E-state index in [0.717, 1.165) is 22.8 Å². The van der Waals surface area contributed by atoms with E-state index in [0.29, 0.717) is 30.9 Å². The van der Waals surface area contributed by atoms with Crippen LogP contribution >= 0.6 is 0 Å². The highest BCUT2D eigenvalue weighted by atomic mass is 16.6. The van der Waals surface area contributed by atoms with Crippen LogP contribution in [0.2, 0.25) is 0 Å². The second-order valence-electron chi connectivity index (χ2n) is 6.01. The Hall–Kier alpha value is -2.94. The fraction of sp³-hybridized carbons (Fsp3) is 0.368. The Kier molecular flexibility index (Phi) is 4.66. The van der Waals surface area contributed by atoms with Gasteiger partial charge < -0.3 is 19.4 Å². The van der Waals surface area contributed by atoms with Crippen molar-refractivity contribution in [2.75, 3.05) is 13.2 Å². The van der Waals surface area contributed by atoms with Crippen molar-refractivity contribution in [2.24, 2.45) is 0 Å². The Balaban J connectivity index is 1.95. The Bertz CT molecular complexity index is 848. The van der Waals surface area contributed by atoms with Crippen molar-refractivity contribution < 1.29 is 14.3 Å². The van der Waals surface area contributed by atoms with Gasteiger partial charge in [-0.05, 0) is 38.5 Å². The quantitative estimate of drug-likeness (QED) is 0.929. The van der Waals surface area contributed by atoms with Gasteiger partial charge in [0.25, 0.3) is 5.91 Å². The van der Waals surface area contributed by atoms with Gasteiger partial charge in [-0.3, -0.25) is 4.79 Å². The van der Waals surface area contributed by atoms with Crippen LogP contribution in [0.15, 0.2) is 24.3 Å². The van der Waals surface area contributed by atoms with Crippen LogP contribution in [0.25, 0.3) is 5.69 Å². The molecule has 0 saturated heterocycles. The summed E-state index contributed by atoms with van der Waals surface area (Å²) >= 11 is 0. The normalized spacial score (nSPS) is 13.8. The molecule has 1 unspecified atom stereocenters. The number of rotatable bonds is 4. The first-order valence-corrected chi connectivity index (χ1v) is 8.34. The molecule has 0 spiro atoms. The van der Waals surface area contributed by atoms with Gasteiger partial charge in [-0.25, -0.2) is 0 Å². The molecule has 6 nitrogen and oxygen atoms in total. The number of nitriles is 1. The number of nitrogens with zero attached hydrogens (tertiary/aromatic N) is 2. The highest BCUT2D eigenvalue weighted by Gasteiger charge is 2.20. The summed E-state index contributed by atoms with van der Waals surface area (Å²) in [6.07, 6.45) is 0.573. The van der Waals surface area contributed by atoms with E-state index in [1.165, 1.54) is 0 Å². The molecule has 1 aromatic carbocycles. The van der Waals surface area contributed by atoms with Gasteiger partial charge in [0, 0.05) is 23.1 Å². The Labute approximate surface area is 147 Å². The molecular formula is C19H21N3O3. The van der Waals surface area contributed by atoms with Gasteiger partial charge in [-0.1, -0.05) is 6.92 Å². The van der Waals surface area contributed by atoms with Gasteiger partial charge in [-0.2, -0.15) is 5.26 Å². The molecule has 1 aromatic heterocycles. The average molecular weight is 339 g/mol. The minimum atomic E-state index is -0.482. The third kappa shape index (κ3) is 3.18. The molecule has 6 heteroatoms. The van der Waals surface area contributed by atoms with Gasteiger partial charge in [0.2, 0.25) is 0 Å². The second-order valence-corrected chi connectivity index (χ2v) is 6.01. The van der Waals surface area contributed by atoms with Gasteiger partial charge in [0.15, 0.2) is 11.5 Å². The number of aryl methyl sites for hydroxylation is 1. The molecule has 1 amide bonds. The second kappa shape index (κ2) is 6.89. The Morgan fingerprint density at radius 2 is 2.00 bits per heavy atom. The van der Waals surface area contributed by atoms with Gasteiger partial charge in [-0.15, -0.1) is 0 Å². The van der Waals surface area contributed by atoms with E-state index >= 15 is 0 Å². The van der Waals surface area contributed by atoms with Crippen LogP contribution in [0.5, 0.6) is 11.5 Å². The molecule has 3 rings (SSSR count). The van der Waals surface area contributed by atoms with Crippen molar-refractivity contribution in [3.8, 4) is 23.3 Å². The summed E-state index contributed by atoms with van der Waals surface area (Å²) in [6, 6.07) is 9.19. The number of carbonyl (C=O) groups is 1. The monoisotopic (exact) mass is 339 g/mol. The maximum Gasteiger partial charge on any atom is 0.254 e. The molecule has 0 bridgehead atoms. The van der Waals surface area contributed by atoms with E-state index in [2.05, 4.69) is 11.4 Å². The maximum absolute atomic E-state index is 12.5. The van der Waals surface area contributed by atoms with Crippen molar-refractivity contribution in [3.63, 3.8) is 0 Å². The van der Waals surface area contributed by atoms with E-state index in [4.69, 9.17) is 14.7 Å². The van der Waals surface area contributed by atoms with Gasteiger partial charge in [0.05, 0.1) is 11.6 Å². The van der Waals surface area contributed by atoms with Crippen molar-refractivity contribution in [1.82, 2.24) is 9.88 Å². The number of amides is 1. The van der Waals surface area contributed by atoms with Gasteiger partial charge >= 0.3 is 0 Å². The Morgan fingerprint density at radius 1 is 1.28 bits per heavy atom. The summed E-state index contributed by atoms with van der Waals surface area (Å²) < 4.78 is 13.2.